The van der Waals surface area contributed by atoms with E-state index < -0.39 is 11.9 Å². The molecule has 1 unspecified atom stereocenters. The van der Waals surface area contributed by atoms with Gasteiger partial charge in [-0.05, 0) is 64.2 Å². The molecular weight excluding hydrogens is 280 g/mol. The molecule has 0 amide bonds. The third-order valence-corrected chi connectivity index (χ3v) is 3.55. The molecule has 0 saturated carbocycles. The van der Waals surface area contributed by atoms with Gasteiger partial charge in [0.1, 0.15) is 17.5 Å². The number of Topliss-reactive ketones (excluding diaryl/α,β-unsaturated/α-hetero) is 1. The number of benzene rings is 1. The van der Waals surface area contributed by atoms with E-state index in [4.69, 9.17) is 9.47 Å². The van der Waals surface area contributed by atoms with Gasteiger partial charge < -0.3 is 9.47 Å². The van der Waals surface area contributed by atoms with Gasteiger partial charge in [0.25, 0.3) is 0 Å². The van der Waals surface area contributed by atoms with Crippen molar-refractivity contribution in [2.24, 2.45) is 5.92 Å². The Labute approximate surface area is 132 Å². The third-order valence-electron chi connectivity index (χ3n) is 3.55. The van der Waals surface area contributed by atoms with Crippen LogP contribution in [-0.2, 0) is 14.3 Å². The number of carbonyl (C=O) groups excluding carboxylic acids is 2. The molecule has 1 atom stereocenters. The number of rotatable bonds is 9. The molecule has 0 aliphatic carbocycles. The highest BCUT2D eigenvalue weighted by molar-refractivity contribution is 5.97. The highest BCUT2D eigenvalue weighted by Gasteiger charge is 2.23. The Morgan fingerprint density at radius 2 is 1.91 bits per heavy atom. The summed E-state index contributed by atoms with van der Waals surface area (Å²) in [4.78, 5) is 23.2. The Hall–Kier alpha value is -1.84. The van der Waals surface area contributed by atoms with Crippen molar-refractivity contribution in [2.45, 2.75) is 47.0 Å². The number of hydrogen-bond donors (Lipinski definition) is 0. The molecule has 0 spiro atoms. The monoisotopic (exact) mass is 306 g/mol. The van der Waals surface area contributed by atoms with Gasteiger partial charge in [-0.1, -0.05) is 12.1 Å². The van der Waals surface area contributed by atoms with Crippen molar-refractivity contribution in [3.8, 4) is 5.75 Å². The van der Waals surface area contributed by atoms with E-state index in [0.29, 0.717) is 19.6 Å². The van der Waals surface area contributed by atoms with Crippen molar-refractivity contribution in [3.63, 3.8) is 0 Å². The molecule has 0 aliphatic heterocycles. The molecule has 1 rings (SSSR count). The van der Waals surface area contributed by atoms with E-state index in [-0.39, 0.29) is 5.78 Å². The minimum Gasteiger partial charge on any atom is -0.493 e. The van der Waals surface area contributed by atoms with Gasteiger partial charge in [-0.2, -0.15) is 0 Å². The maximum Gasteiger partial charge on any atom is 0.316 e. The number of ether oxygens (including phenoxy) is 2. The molecule has 0 radical (unpaired) electrons. The van der Waals surface area contributed by atoms with Crippen molar-refractivity contribution >= 4 is 11.8 Å². The second-order valence-corrected chi connectivity index (χ2v) is 5.53. The van der Waals surface area contributed by atoms with Crippen molar-refractivity contribution < 1.29 is 19.1 Å². The summed E-state index contributed by atoms with van der Waals surface area (Å²) in [7, 11) is 0. The SMILES string of the molecule is CCOC(=O)C(CCCCOc1cc(C)ccc1C)C(C)=O. The van der Waals surface area contributed by atoms with Crippen LogP contribution in [0.15, 0.2) is 18.2 Å². The molecule has 4 nitrogen and oxygen atoms in total. The zero-order chi connectivity index (χ0) is 16.5. The lowest BCUT2D eigenvalue weighted by Gasteiger charge is -2.13. The van der Waals surface area contributed by atoms with E-state index in [0.717, 1.165) is 24.2 Å². The minimum atomic E-state index is -0.638. The van der Waals surface area contributed by atoms with Crippen molar-refractivity contribution in [2.75, 3.05) is 13.2 Å². The average Bonchev–Trinajstić information content (AvgIpc) is 2.46. The molecule has 22 heavy (non-hydrogen) atoms. The Morgan fingerprint density at radius 1 is 1.18 bits per heavy atom. The van der Waals surface area contributed by atoms with Crippen LogP contribution in [0.3, 0.4) is 0 Å². The zero-order valence-electron chi connectivity index (χ0n) is 14.0. The van der Waals surface area contributed by atoms with Crippen LogP contribution in [0.25, 0.3) is 0 Å². The van der Waals surface area contributed by atoms with Crippen molar-refractivity contribution in [1.29, 1.82) is 0 Å². The number of aryl methyl sites for hydroxylation is 2. The number of ketones is 1. The van der Waals surface area contributed by atoms with E-state index in [9.17, 15) is 9.59 Å². The summed E-state index contributed by atoms with van der Waals surface area (Å²) in [5, 5.41) is 0. The first-order valence-electron chi connectivity index (χ1n) is 7.82. The van der Waals surface area contributed by atoms with Crippen LogP contribution in [0.4, 0.5) is 0 Å². The van der Waals surface area contributed by atoms with Gasteiger partial charge in [-0.3, -0.25) is 9.59 Å². The largest absolute Gasteiger partial charge is 0.493 e. The average molecular weight is 306 g/mol. The molecule has 122 valence electrons. The number of unbranched alkanes of at least 4 members (excludes halogenated alkanes) is 1. The van der Waals surface area contributed by atoms with Crippen LogP contribution < -0.4 is 4.74 Å². The van der Waals surface area contributed by atoms with Crippen LogP contribution in [0, 0.1) is 19.8 Å². The zero-order valence-corrected chi connectivity index (χ0v) is 14.0. The minimum absolute atomic E-state index is 0.131. The van der Waals surface area contributed by atoms with Gasteiger partial charge in [-0.25, -0.2) is 0 Å². The lowest BCUT2D eigenvalue weighted by atomic mass is 9.98. The lowest BCUT2D eigenvalue weighted by molar-refractivity contribution is -0.151. The lowest BCUT2D eigenvalue weighted by Crippen LogP contribution is -2.24. The van der Waals surface area contributed by atoms with Crippen LogP contribution in [0.5, 0.6) is 5.75 Å². The molecule has 0 N–H and O–H groups in total. The first-order chi connectivity index (χ1) is 10.5. The molecule has 0 heterocycles. The Bertz CT molecular complexity index is 508. The van der Waals surface area contributed by atoms with Gasteiger partial charge in [0.05, 0.1) is 13.2 Å². The van der Waals surface area contributed by atoms with Gasteiger partial charge in [0.15, 0.2) is 0 Å². The Balaban J connectivity index is 2.36. The second kappa shape index (κ2) is 9.23. The number of carbonyl (C=O) groups is 2. The molecular formula is C18H26O4. The van der Waals surface area contributed by atoms with E-state index in [2.05, 4.69) is 6.07 Å². The fourth-order valence-corrected chi connectivity index (χ4v) is 2.23. The molecule has 0 aliphatic rings. The summed E-state index contributed by atoms with van der Waals surface area (Å²) < 4.78 is 10.7. The van der Waals surface area contributed by atoms with Crippen LogP contribution in [0.2, 0.25) is 0 Å². The highest BCUT2D eigenvalue weighted by atomic mass is 16.5. The first-order valence-corrected chi connectivity index (χ1v) is 7.82. The molecule has 4 heteroatoms. The predicted molar refractivity (Wildman–Crippen MR) is 86.1 cm³/mol. The predicted octanol–water partition coefficient (Wildman–Crippen LogP) is 3.62. The van der Waals surface area contributed by atoms with Crippen LogP contribution in [0.1, 0.15) is 44.2 Å². The maximum absolute atomic E-state index is 11.7. The fourth-order valence-electron chi connectivity index (χ4n) is 2.23. The Kier molecular flexibility index (Phi) is 7.64. The van der Waals surface area contributed by atoms with E-state index in [1.165, 1.54) is 12.5 Å². The quantitative estimate of drug-likeness (QED) is 0.397. The molecule has 0 bridgehead atoms. The second-order valence-electron chi connectivity index (χ2n) is 5.53. The van der Waals surface area contributed by atoms with Crippen molar-refractivity contribution in [3.05, 3.63) is 29.3 Å². The molecule has 1 aromatic rings. The summed E-state index contributed by atoms with van der Waals surface area (Å²) in [5.74, 6) is -0.284. The summed E-state index contributed by atoms with van der Waals surface area (Å²) in [6.45, 7) is 8.11. The highest BCUT2D eigenvalue weighted by Crippen LogP contribution is 2.20. The third kappa shape index (κ3) is 5.88. The fraction of sp³-hybridized carbons (Fsp3) is 0.556. The normalized spacial score (nSPS) is 11.8. The summed E-state index contributed by atoms with van der Waals surface area (Å²) in [5.41, 5.74) is 2.28. The summed E-state index contributed by atoms with van der Waals surface area (Å²) >= 11 is 0. The summed E-state index contributed by atoms with van der Waals surface area (Å²) in [6, 6.07) is 6.11. The number of hydrogen-bond acceptors (Lipinski definition) is 4. The molecule has 1 aromatic carbocycles. The van der Waals surface area contributed by atoms with E-state index in [1.54, 1.807) is 6.92 Å². The molecule has 0 fully saturated rings. The van der Waals surface area contributed by atoms with Crippen LogP contribution in [-0.4, -0.2) is 25.0 Å². The first kappa shape index (κ1) is 18.2. The van der Waals surface area contributed by atoms with Gasteiger partial charge in [-0.15, -0.1) is 0 Å². The Morgan fingerprint density at radius 3 is 2.55 bits per heavy atom. The molecule has 0 saturated heterocycles. The van der Waals surface area contributed by atoms with Gasteiger partial charge in [0.2, 0.25) is 0 Å². The molecule has 0 aromatic heterocycles. The van der Waals surface area contributed by atoms with Gasteiger partial charge in [0, 0.05) is 0 Å². The van der Waals surface area contributed by atoms with Crippen molar-refractivity contribution in [1.82, 2.24) is 0 Å². The topological polar surface area (TPSA) is 52.6 Å². The maximum atomic E-state index is 11.7. The number of esters is 1. The van der Waals surface area contributed by atoms with Crippen LogP contribution >= 0.6 is 0 Å². The standard InChI is InChI=1S/C18H26O4/c1-5-21-18(20)16(15(4)19)8-6-7-11-22-17-12-13(2)9-10-14(17)3/h9-10,12,16H,5-8,11H2,1-4H3. The van der Waals surface area contributed by atoms with E-state index in [1.807, 2.05) is 26.0 Å². The van der Waals surface area contributed by atoms with Gasteiger partial charge >= 0.3 is 5.97 Å². The summed E-state index contributed by atoms with van der Waals surface area (Å²) in [6.07, 6.45) is 2.08. The smallest absolute Gasteiger partial charge is 0.316 e. The van der Waals surface area contributed by atoms with E-state index >= 15 is 0 Å².